The number of carbonyl (C=O) groups is 1. The zero-order valence-corrected chi connectivity index (χ0v) is 9.63. The van der Waals surface area contributed by atoms with Gasteiger partial charge in [-0.2, -0.15) is 0 Å². The van der Waals surface area contributed by atoms with Crippen LogP contribution in [0.15, 0.2) is 48.5 Å². The summed E-state index contributed by atoms with van der Waals surface area (Å²) in [5.74, 6) is 0. The van der Waals surface area contributed by atoms with Gasteiger partial charge in [-0.15, -0.1) is 0 Å². The first kappa shape index (κ1) is 9.48. The molecule has 88 valence electrons. The van der Waals surface area contributed by atoms with Crippen molar-refractivity contribution in [2.24, 2.45) is 5.73 Å². The van der Waals surface area contributed by atoms with Gasteiger partial charge < -0.3 is 5.73 Å². The number of para-hydroxylation sites is 2. The van der Waals surface area contributed by atoms with Gasteiger partial charge in [-0.3, -0.25) is 4.90 Å². The van der Waals surface area contributed by atoms with Crippen molar-refractivity contribution < 1.29 is 6.17 Å². The van der Waals surface area contributed by atoms with Crippen LogP contribution >= 0.6 is 0 Å². The molecule has 1 aliphatic heterocycles. The van der Waals surface area contributed by atoms with E-state index in [-0.39, 0.29) is 0 Å². The Balaban J connectivity index is 2.36. The molecule has 0 aromatic heterocycles. The quantitative estimate of drug-likeness (QED) is 0.750. The number of hydrogen-bond acceptors (Lipinski definition) is 1. The number of carbonyl (C=O) groups excluding carboxylic acids is 1. The SMILES string of the molecule is [2H]C1=Cc2ccccc2N(C(N)=O)c2ccccc21. The van der Waals surface area contributed by atoms with Crippen LogP contribution < -0.4 is 10.6 Å². The van der Waals surface area contributed by atoms with Crippen molar-refractivity contribution in [3.8, 4) is 0 Å². The Bertz CT molecular complexity index is 694. The van der Waals surface area contributed by atoms with Gasteiger partial charge in [-0.1, -0.05) is 48.5 Å². The van der Waals surface area contributed by atoms with E-state index in [4.69, 9.17) is 7.10 Å². The summed E-state index contributed by atoms with van der Waals surface area (Å²) in [4.78, 5) is 13.3. The van der Waals surface area contributed by atoms with Gasteiger partial charge >= 0.3 is 6.03 Å². The van der Waals surface area contributed by atoms with Crippen molar-refractivity contribution >= 4 is 29.5 Å². The fourth-order valence-electron chi connectivity index (χ4n) is 2.13. The molecule has 0 unspecified atom stereocenters. The van der Waals surface area contributed by atoms with Gasteiger partial charge in [0.15, 0.2) is 0 Å². The average Bonchev–Trinajstić information content (AvgIpc) is 2.53. The lowest BCUT2D eigenvalue weighted by Gasteiger charge is -2.22. The van der Waals surface area contributed by atoms with Crippen molar-refractivity contribution in [2.45, 2.75) is 0 Å². The van der Waals surface area contributed by atoms with E-state index in [0.717, 1.165) is 5.56 Å². The summed E-state index contributed by atoms with van der Waals surface area (Å²) >= 11 is 0. The highest BCUT2D eigenvalue weighted by atomic mass is 16.2. The molecule has 18 heavy (non-hydrogen) atoms. The summed E-state index contributed by atoms with van der Waals surface area (Å²) in [5, 5.41) is 0. The molecular formula is C15H12N2O. The Morgan fingerprint density at radius 3 is 2.22 bits per heavy atom. The summed E-state index contributed by atoms with van der Waals surface area (Å²) in [6.07, 6.45) is 1.75. The Morgan fingerprint density at radius 2 is 1.56 bits per heavy atom. The number of amides is 2. The van der Waals surface area contributed by atoms with Crippen molar-refractivity contribution in [3.63, 3.8) is 0 Å². The third-order valence-electron chi connectivity index (χ3n) is 2.93. The van der Waals surface area contributed by atoms with Crippen LogP contribution in [0.2, 0.25) is 0 Å². The first-order valence-corrected chi connectivity index (χ1v) is 5.65. The van der Waals surface area contributed by atoms with E-state index in [1.807, 2.05) is 42.5 Å². The normalized spacial score (nSPS) is 13.9. The predicted molar refractivity (Wildman–Crippen MR) is 73.5 cm³/mol. The molecule has 0 atom stereocenters. The minimum atomic E-state index is -0.553. The lowest BCUT2D eigenvalue weighted by Crippen LogP contribution is -2.32. The maximum atomic E-state index is 11.8. The van der Waals surface area contributed by atoms with Gasteiger partial charge in [0.05, 0.1) is 12.7 Å². The number of primary amides is 1. The fourth-order valence-corrected chi connectivity index (χ4v) is 2.13. The molecule has 0 aliphatic carbocycles. The molecule has 0 bridgehead atoms. The summed E-state index contributed by atoms with van der Waals surface area (Å²) in [6, 6.07) is 14.5. The Labute approximate surface area is 107 Å². The number of nitrogens with two attached hydrogens (primary N) is 1. The first-order valence-electron chi connectivity index (χ1n) is 6.15. The van der Waals surface area contributed by atoms with Crippen LogP contribution in [0.25, 0.3) is 12.1 Å². The molecule has 1 aliphatic rings. The number of hydrogen-bond donors (Lipinski definition) is 1. The summed E-state index contributed by atoms with van der Waals surface area (Å²) < 4.78 is 8.14. The minimum Gasteiger partial charge on any atom is -0.351 e. The van der Waals surface area contributed by atoms with Crippen molar-refractivity contribution in [1.82, 2.24) is 0 Å². The third-order valence-corrected chi connectivity index (χ3v) is 2.93. The molecular weight excluding hydrogens is 224 g/mol. The van der Waals surface area contributed by atoms with Crippen molar-refractivity contribution in [1.29, 1.82) is 0 Å². The van der Waals surface area contributed by atoms with Crippen LogP contribution in [0.3, 0.4) is 0 Å². The Hall–Kier alpha value is -2.55. The first-order chi connectivity index (χ1) is 9.18. The van der Waals surface area contributed by atoms with Crippen LogP contribution in [0.4, 0.5) is 16.2 Å². The number of fused-ring (bicyclic) bond motifs is 2. The van der Waals surface area contributed by atoms with Gasteiger partial charge in [0, 0.05) is 0 Å². The lowest BCUT2D eigenvalue weighted by molar-refractivity contribution is 0.256. The van der Waals surface area contributed by atoms with E-state index in [1.54, 1.807) is 12.1 Å². The summed E-state index contributed by atoms with van der Waals surface area (Å²) in [7, 11) is 0. The molecule has 2 aromatic rings. The Morgan fingerprint density at radius 1 is 1.00 bits per heavy atom. The molecule has 0 saturated carbocycles. The monoisotopic (exact) mass is 237 g/mol. The highest BCUT2D eigenvalue weighted by molar-refractivity contribution is 6.04. The van der Waals surface area contributed by atoms with Crippen molar-refractivity contribution in [2.75, 3.05) is 4.90 Å². The van der Waals surface area contributed by atoms with Gasteiger partial charge in [0.25, 0.3) is 0 Å². The zero-order chi connectivity index (χ0) is 13.4. The second-order valence-electron chi connectivity index (χ2n) is 4.04. The number of urea groups is 1. The standard InChI is InChI=1S/C15H12N2O/c16-15(18)17-13-7-3-1-5-11(13)9-10-12-6-2-4-8-14(12)17/h1-10H,(H2,16,18)/i9D. The number of rotatable bonds is 0. The second-order valence-corrected chi connectivity index (χ2v) is 4.04. The topological polar surface area (TPSA) is 46.3 Å². The van der Waals surface area contributed by atoms with E-state index in [9.17, 15) is 4.79 Å². The maximum absolute atomic E-state index is 11.8. The van der Waals surface area contributed by atoms with E-state index in [1.165, 1.54) is 4.90 Å². The number of anilines is 2. The Kier molecular flexibility index (Phi) is 2.12. The predicted octanol–water partition coefficient (Wildman–Crippen LogP) is 3.39. The van der Waals surface area contributed by atoms with Crippen LogP contribution in [-0.4, -0.2) is 6.03 Å². The number of benzene rings is 2. The van der Waals surface area contributed by atoms with Gasteiger partial charge in [0.1, 0.15) is 0 Å². The molecule has 1 heterocycles. The molecule has 3 nitrogen and oxygen atoms in total. The van der Waals surface area contributed by atoms with Gasteiger partial charge in [0.2, 0.25) is 0 Å². The highest BCUT2D eigenvalue weighted by Crippen LogP contribution is 2.35. The van der Waals surface area contributed by atoms with E-state index in [2.05, 4.69) is 0 Å². The summed E-state index contributed by atoms with van der Waals surface area (Å²) in [5.41, 5.74) is 8.35. The highest BCUT2D eigenvalue weighted by Gasteiger charge is 2.21. The summed E-state index contributed by atoms with van der Waals surface area (Å²) in [6.45, 7) is 0. The molecule has 0 fully saturated rings. The molecule has 2 N–H and O–H groups in total. The zero-order valence-electron chi connectivity index (χ0n) is 10.6. The number of nitrogens with zero attached hydrogens (tertiary/aromatic N) is 1. The van der Waals surface area contributed by atoms with Crippen LogP contribution in [0, 0.1) is 0 Å². The fraction of sp³-hybridized carbons (Fsp3) is 0. The maximum Gasteiger partial charge on any atom is 0.323 e. The van der Waals surface area contributed by atoms with E-state index < -0.39 is 6.03 Å². The van der Waals surface area contributed by atoms with Gasteiger partial charge in [-0.25, -0.2) is 4.79 Å². The third kappa shape index (κ3) is 1.57. The molecule has 0 radical (unpaired) electrons. The van der Waals surface area contributed by atoms with Crippen molar-refractivity contribution in [3.05, 3.63) is 59.7 Å². The van der Waals surface area contributed by atoms with Crippen LogP contribution in [-0.2, 0) is 0 Å². The molecule has 0 saturated heterocycles. The minimum absolute atomic E-state index is 0.367. The average molecular weight is 237 g/mol. The van der Waals surface area contributed by atoms with Gasteiger partial charge in [-0.05, 0) is 23.3 Å². The lowest BCUT2D eigenvalue weighted by atomic mass is 10.1. The molecule has 3 heteroatoms. The van der Waals surface area contributed by atoms with E-state index in [0.29, 0.717) is 23.0 Å². The smallest absolute Gasteiger partial charge is 0.323 e. The molecule has 0 spiro atoms. The second kappa shape index (κ2) is 4.04. The largest absolute Gasteiger partial charge is 0.351 e. The van der Waals surface area contributed by atoms with Crippen LogP contribution in [0.5, 0.6) is 0 Å². The molecule has 3 rings (SSSR count). The molecule has 2 aromatic carbocycles. The van der Waals surface area contributed by atoms with E-state index >= 15 is 0 Å². The molecule has 2 amide bonds. The van der Waals surface area contributed by atoms with Crippen LogP contribution in [0.1, 0.15) is 12.5 Å².